The van der Waals surface area contributed by atoms with Crippen LogP contribution < -0.4 is 4.74 Å². The summed E-state index contributed by atoms with van der Waals surface area (Å²) in [4.78, 5) is 5.90. The summed E-state index contributed by atoms with van der Waals surface area (Å²) in [6, 6.07) is 16.4. The number of nitrogens with zero attached hydrogens (tertiary/aromatic N) is 1. The van der Waals surface area contributed by atoms with E-state index in [0.29, 0.717) is 32.1 Å². The summed E-state index contributed by atoms with van der Waals surface area (Å²) in [5, 5.41) is 0. The van der Waals surface area contributed by atoms with Crippen LogP contribution in [0.5, 0.6) is 5.75 Å². The Morgan fingerprint density at radius 2 is 1.72 bits per heavy atom. The van der Waals surface area contributed by atoms with Crippen LogP contribution in [0.3, 0.4) is 0 Å². The molecule has 5 nitrogen and oxygen atoms in total. The molecule has 0 N–H and O–H groups in total. The molecule has 0 spiro atoms. The van der Waals surface area contributed by atoms with E-state index in [9.17, 15) is 0 Å². The molecule has 0 aliphatic rings. The van der Waals surface area contributed by atoms with Gasteiger partial charge in [0, 0.05) is 43.1 Å². The molecule has 1 heterocycles. The molecule has 0 radical (unpaired) electrons. The summed E-state index contributed by atoms with van der Waals surface area (Å²) in [7, 11) is 0. The molecule has 1 atom stereocenters. The normalized spacial score (nSPS) is 12.1. The smallest absolute Gasteiger partial charge is 0.226 e. The van der Waals surface area contributed by atoms with Gasteiger partial charge in [0.1, 0.15) is 11.5 Å². The van der Waals surface area contributed by atoms with Gasteiger partial charge in [0.2, 0.25) is 5.89 Å². The van der Waals surface area contributed by atoms with E-state index in [4.69, 9.17) is 18.6 Å². The zero-order chi connectivity index (χ0) is 22.8. The zero-order valence-electron chi connectivity index (χ0n) is 19.4. The van der Waals surface area contributed by atoms with Crippen molar-refractivity contribution in [2.45, 2.75) is 44.6 Å². The maximum Gasteiger partial charge on any atom is 0.226 e. The SMILES string of the molecule is CCOCCC(OCC)c1ccc(OCCc2nc(-c3ccc(SC)cc3)oc2C)cc1. The van der Waals surface area contributed by atoms with Crippen molar-refractivity contribution < 1.29 is 18.6 Å². The molecule has 1 aromatic heterocycles. The van der Waals surface area contributed by atoms with Crippen molar-refractivity contribution in [3.05, 3.63) is 65.5 Å². The fourth-order valence-electron chi connectivity index (χ4n) is 3.44. The highest BCUT2D eigenvalue weighted by atomic mass is 32.2. The molecule has 0 saturated carbocycles. The fourth-order valence-corrected chi connectivity index (χ4v) is 3.85. The van der Waals surface area contributed by atoms with E-state index in [-0.39, 0.29) is 6.10 Å². The topological polar surface area (TPSA) is 53.7 Å². The number of oxazole rings is 1. The van der Waals surface area contributed by atoms with Crippen LogP contribution in [0.2, 0.25) is 0 Å². The van der Waals surface area contributed by atoms with Crippen LogP contribution in [0.25, 0.3) is 11.5 Å². The first-order valence-electron chi connectivity index (χ1n) is 11.2. The van der Waals surface area contributed by atoms with Crippen LogP contribution >= 0.6 is 11.8 Å². The predicted octanol–water partition coefficient (Wildman–Crippen LogP) is 6.50. The summed E-state index contributed by atoms with van der Waals surface area (Å²) < 4.78 is 23.2. The molecule has 0 amide bonds. The highest BCUT2D eigenvalue weighted by molar-refractivity contribution is 7.98. The largest absolute Gasteiger partial charge is 0.493 e. The summed E-state index contributed by atoms with van der Waals surface area (Å²) >= 11 is 1.72. The molecular formula is C26H33NO4S. The van der Waals surface area contributed by atoms with E-state index in [0.717, 1.165) is 41.4 Å². The van der Waals surface area contributed by atoms with Crippen molar-refractivity contribution in [3.63, 3.8) is 0 Å². The van der Waals surface area contributed by atoms with Crippen molar-refractivity contribution in [1.29, 1.82) is 0 Å². The lowest BCUT2D eigenvalue weighted by molar-refractivity contribution is 0.0288. The highest BCUT2D eigenvalue weighted by Gasteiger charge is 2.13. The molecule has 0 saturated heterocycles. The third-order valence-electron chi connectivity index (χ3n) is 5.19. The minimum atomic E-state index is 0.0433. The van der Waals surface area contributed by atoms with Crippen LogP contribution in [-0.4, -0.2) is 37.7 Å². The Hall–Kier alpha value is -2.28. The van der Waals surface area contributed by atoms with E-state index in [2.05, 4.69) is 35.5 Å². The second kappa shape index (κ2) is 12.7. The fraction of sp³-hybridized carbons (Fsp3) is 0.423. The molecule has 0 aliphatic carbocycles. The zero-order valence-corrected chi connectivity index (χ0v) is 20.2. The number of aromatic nitrogens is 1. The quantitative estimate of drug-likeness (QED) is 0.217. The van der Waals surface area contributed by atoms with E-state index in [1.165, 1.54) is 4.90 Å². The summed E-state index contributed by atoms with van der Waals surface area (Å²) in [6.45, 7) is 8.61. The van der Waals surface area contributed by atoms with Crippen molar-refractivity contribution in [2.75, 3.05) is 32.7 Å². The number of thioether (sulfide) groups is 1. The van der Waals surface area contributed by atoms with Crippen molar-refractivity contribution in [3.8, 4) is 17.2 Å². The first-order chi connectivity index (χ1) is 15.6. The number of aryl methyl sites for hydroxylation is 1. The summed E-state index contributed by atoms with van der Waals surface area (Å²) in [5.74, 6) is 2.33. The number of benzene rings is 2. The third-order valence-corrected chi connectivity index (χ3v) is 5.93. The maximum atomic E-state index is 5.95. The molecule has 2 aromatic carbocycles. The minimum absolute atomic E-state index is 0.0433. The van der Waals surface area contributed by atoms with Gasteiger partial charge in [0.25, 0.3) is 0 Å². The highest BCUT2D eigenvalue weighted by Crippen LogP contribution is 2.26. The van der Waals surface area contributed by atoms with Gasteiger partial charge in [-0.05, 0) is 69.0 Å². The Balaban J connectivity index is 1.54. The van der Waals surface area contributed by atoms with Gasteiger partial charge in [-0.2, -0.15) is 0 Å². The molecule has 32 heavy (non-hydrogen) atoms. The van der Waals surface area contributed by atoms with Crippen LogP contribution in [-0.2, 0) is 15.9 Å². The molecule has 0 bridgehead atoms. The number of hydrogen-bond donors (Lipinski definition) is 0. The monoisotopic (exact) mass is 455 g/mol. The molecule has 0 aliphatic heterocycles. The average Bonchev–Trinajstić information content (AvgIpc) is 3.19. The minimum Gasteiger partial charge on any atom is -0.493 e. The van der Waals surface area contributed by atoms with E-state index in [1.807, 2.05) is 45.0 Å². The van der Waals surface area contributed by atoms with Gasteiger partial charge in [-0.3, -0.25) is 0 Å². The van der Waals surface area contributed by atoms with Crippen molar-refractivity contribution >= 4 is 11.8 Å². The van der Waals surface area contributed by atoms with Gasteiger partial charge in [-0.15, -0.1) is 11.8 Å². The second-order valence-corrected chi connectivity index (χ2v) is 8.23. The predicted molar refractivity (Wildman–Crippen MR) is 130 cm³/mol. The Morgan fingerprint density at radius 1 is 0.969 bits per heavy atom. The first kappa shape index (κ1) is 24.4. The van der Waals surface area contributed by atoms with E-state index in [1.54, 1.807) is 11.8 Å². The Morgan fingerprint density at radius 3 is 2.38 bits per heavy atom. The van der Waals surface area contributed by atoms with Gasteiger partial charge < -0.3 is 18.6 Å². The van der Waals surface area contributed by atoms with E-state index >= 15 is 0 Å². The molecular weight excluding hydrogens is 422 g/mol. The molecule has 3 aromatic rings. The Labute approximate surface area is 195 Å². The maximum absolute atomic E-state index is 5.95. The number of ether oxygens (including phenoxy) is 3. The van der Waals surface area contributed by atoms with Crippen LogP contribution in [0.4, 0.5) is 0 Å². The third kappa shape index (κ3) is 6.86. The standard InChI is InChI=1S/C26H33NO4S/c1-5-28-17-16-25(29-6-2)20-7-11-22(12-8-20)30-18-15-24-19(3)31-26(27-24)21-9-13-23(32-4)14-10-21/h7-14,25H,5-6,15-18H2,1-4H3. The molecule has 6 heteroatoms. The van der Waals surface area contributed by atoms with Crippen molar-refractivity contribution in [2.24, 2.45) is 0 Å². The first-order valence-corrected chi connectivity index (χ1v) is 12.4. The lowest BCUT2D eigenvalue weighted by Crippen LogP contribution is -2.08. The number of hydrogen-bond acceptors (Lipinski definition) is 6. The van der Waals surface area contributed by atoms with E-state index < -0.39 is 0 Å². The van der Waals surface area contributed by atoms with Crippen LogP contribution in [0.1, 0.15) is 43.4 Å². The van der Waals surface area contributed by atoms with Gasteiger partial charge in [0.15, 0.2) is 0 Å². The Kier molecular flexibility index (Phi) is 9.65. The average molecular weight is 456 g/mol. The molecule has 1 unspecified atom stereocenters. The second-order valence-electron chi connectivity index (χ2n) is 7.35. The Bertz CT molecular complexity index is 937. The molecule has 172 valence electrons. The van der Waals surface area contributed by atoms with Crippen LogP contribution in [0.15, 0.2) is 57.8 Å². The van der Waals surface area contributed by atoms with Gasteiger partial charge in [-0.1, -0.05) is 12.1 Å². The number of rotatable bonds is 13. The van der Waals surface area contributed by atoms with Gasteiger partial charge in [0.05, 0.1) is 18.4 Å². The van der Waals surface area contributed by atoms with Gasteiger partial charge in [-0.25, -0.2) is 4.98 Å². The lowest BCUT2D eigenvalue weighted by atomic mass is 10.1. The van der Waals surface area contributed by atoms with Gasteiger partial charge >= 0.3 is 0 Å². The summed E-state index contributed by atoms with van der Waals surface area (Å²) in [6.07, 6.45) is 3.64. The van der Waals surface area contributed by atoms with Crippen LogP contribution in [0, 0.1) is 6.92 Å². The van der Waals surface area contributed by atoms with Crippen molar-refractivity contribution in [1.82, 2.24) is 4.98 Å². The molecule has 3 rings (SSSR count). The lowest BCUT2D eigenvalue weighted by Gasteiger charge is -2.18. The molecule has 0 fully saturated rings. The summed E-state index contributed by atoms with van der Waals surface area (Å²) in [5.41, 5.74) is 3.06.